The van der Waals surface area contributed by atoms with Crippen LogP contribution in [0.3, 0.4) is 0 Å². The van der Waals surface area contributed by atoms with E-state index in [9.17, 15) is 4.79 Å². The Kier molecular flexibility index (Phi) is 5.64. The minimum Gasteiger partial charge on any atom is -0.323 e. The van der Waals surface area contributed by atoms with Crippen LogP contribution in [0.4, 0.5) is 0 Å². The van der Waals surface area contributed by atoms with Crippen molar-refractivity contribution in [2.75, 3.05) is 0 Å². The zero-order valence-corrected chi connectivity index (χ0v) is 12.9. The molecule has 0 radical (unpaired) electrons. The molecule has 1 aliphatic heterocycles. The van der Waals surface area contributed by atoms with Gasteiger partial charge in [0.1, 0.15) is 0 Å². The van der Waals surface area contributed by atoms with Gasteiger partial charge in [-0.05, 0) is 25.2 Å². The van der Waals surface area contributed by atoms with Gasteiger partial charge in [0.25, 0.3) is 0 Å². The molecule has 0 aromatic heterocycles. The molecule has 1 rings (SSSR count). The van der Waals surface area contributed by atoms with E-state index in [1.165, 1.54) is 0 Å². The second-order valence-corrected chi connectivity index (χ2v) is 6.10. The predicted octanol–water partition coefficient (Wildman–Crippen LogP) is 3.00. The molecule has 1 fully saturated rings. The lowest BCUT2D eigenvalue weighted by molar-refractivity contribution is -0.133. The standard InChI is InChI=1S/C15H30N2O/c1-7-9-12(6)17-14(10(3)4)16-13(15(17)18)11(5)8-2/h10-14,16H,7-9H2,1-6H3. The van der Waals surface area contributed by atoms with Crippen molar-refractivity contribution in [2.45, 2.75) is 79.1 Å². The summed E-state index contributed by atoms with van der Waals surface area (Å²) in [5, 5.41) is 3.56. The van der Waals surface area contributed by atoms with Gasteiger partial charge >= 0.3 is 0 Å². The quantitative estimate of drug-likeness (QED) is 0.790. The highest BCUT2D eigenvalue weighted by Gasteiger charge is 2.43. The molecule has 0 aromatic rings. The van der Waals surface area contributed by atoms with Crippen LogP contribution in [0.5, 0.6) is 0 Å². The van der Waals surface area contributed by atoms with Gasteiger partial charge in [0.15, 0.2) is 0 Å². The zero-order chi connectivity index (χ0) is 13.9. The van der Waals surface area contributed by atoms with Crippen LogP contribution in [0.25, 0.3) is 0 Å². The maximum atomic E-state index is 12.6. The SMILES string of the molecule is CCCC(C)N1C(=O)C(C(C)CC)NC1C(C)C. The predicted molar refractivity (Wildman–Crippen MR) is 76.2 cm³/mol. The van der Waals surface area contributed by atoms with E-state index in [-0.39, 0.29) is 12.2 Å². The average molecular weight is 254 g/mol. The van der Waals surface area contributed by atoms with E-state index in [1.807, 2.05) is 0 Å². The summed E-state index contributed by atoms with van der Waals surface area (Å²) in [7, 11) is 0. The Morgan fingerprint density at radius 1 is 1.22 bits per heavy atom. The molecule has 106 valence electrons. The second-order valence-electron chi connectivity index (χ2n) is 6.10. The van der Waals surface area contributed by atoms with Crippen molar-refractivity contribution in [1.82, 2.24) is 10.2 Å². The number of amides is 1. The van der Waals surface area contributed by atoms with Crippen molar-refractivity contribution in [3.05, 3.63) is 0 Å². The van der Waals surface area contributed by atoms with Gasteiger partial charge in [-0.1, -0.05) is 47.5 Å². The van der Waals surface area contributed by atoms with Crippen molar-refractivity contribution >= 4 is 5.91 Å². The topological polar surface area (TPSA) is 32.3 Å². The first-order valence-electron chi connectivity index (χ1n) is 7.52. The first-order chi connectivity index (χ1) is 8.43. The molecule has 0 saturated carbocycles. The Hall–Kier alpha value is -0.570. The fourth-order valence-corrected chi connectivity index (χ4v) is 2.84. The maximum absolute atomic E-state index is 12.6. The van der Waals surface area contributed by atoms with Gasteiger partial charge in [0, 0.05) is 6.04 Å². The molecule has 3 nitrogen and oxygen atoms in total. The Morgan fingerprint density at radius 3 is 2.28 bits per heavy atom. The summed E-state index contributed by atoms with van der Waals surface area (Å²) in [5.41, 5.74) is 0. The molecule has 3 heteroatoms. The number of carbonyl (C=O) groups excluding carboxylic acids is 1. The first kappa shape index (κ1) is 15.5. The highest BCUT2D eigenvalue weighted by molar-refractivity contribution is 5.85. The minimum atomic E-state index is 0.0155. The van der Waals surface area contributed by atoms with Gasteiger partial charge in [-0.15, -0.1) is 0 Å². The van der Waals surface area contributed by atoms with Gasteiger partial charge in [0.2, 0.25) is 5.91 Å². The Balaban J connectivity index is 2.87. The number of nitrogens with one attached hydrogen (secondary N) is 1. The number of hydrogen-bond acceptors (Lipinski definition) is 2. The van der Waals surface area contributed by atoms with E-state index < -0.39 is 0 Å². The van der Waals surface area contributed by atoms with Crippen LogP contribution in [-0.4, -0.2) is 29.1 Å². The van der Waals surface area contributed by atoms with Gasteiger partial charge in [0.05, 0.1) is 12.2 Å². The fourth-order valence-electron chi connectivity index (χ4n) is 2.84. The lowest BCUT2D eigenvalue weighted by Crippen LogP contribution is -2.46. The zero-order valence-electron chi connectivity index (χ0n) is 12.9. The molecule has 18 heavy (non-hydrogen) atoms. The van der Waals surface area contributed by atoms with E-state index in [2.05, 4.69) is 51.8 Å². The third-order valence-electron chi connectivity index (χ3n) is 4.20. The Morgan fingerprint density at radius 2 is 1.83 bits per heavy atom. The molecule has 0 bridgehead atoms. The van der Waals surface area contributed by atoms with Crippen LogP contribution in [0.2, 0.25) is 0 Å². The maximum Gasteiger partial charge on any atom is 0.241 e. The first-order valence-corrected chi connectivity index (χ1v) is 7.52. The fraction of sp³-hybridized carbons (Fsp3) is 0.933. The lowest BCUT2D eigenvalue weighted by atomic mass is 9.99. The smallest absolute Gasteiger partial charge is 0.241 e. The van der Waals surface area contributed by atoms with Crippen molar-refractivity contribution in [3.8, 4) is 0 Å². The lowest BCUT2D eigenvalue weighted by Gasteiger charge is -2.32. The van der Waals surface area contributed by atoms with Crippen molar-refractivity contribution in [1.29, 1.82) is 0 Å². The number of hydrogen-bond donors (Lipinski definition) is 1. The summed E-state index contributed by atoms with van der Waals surface area (Å²) < 4.78 is 0. The summed E-state index contributed by atoms with van der Waals surface area (Å²) in [6, 6.07) is 0.359. The molecule has 1 saturated heterocycles. The van der Waals surface area contributed by atoms with Crippen LogP contribution in [-0.2, 0) is 4.79 Å². The van der Waals surface area contributed by atoms with Gasteiger partial charge in [-0.25, -0.2) is 0 Å². The molecule has 4 atom stereocenters. The number of carbonyl (C=O) groups is 1. The van der Waals surface area contributed by atoms with E-state index in [0.29, 0.717) is 23.8 Å². The summed E-state index contributed by atoms with van der Waals surface area (Å²) in [4.78, 5) is 14.7. The van der Waals surface area contributed by atoms with Crippen LogP contribution >= 0.6 is 0 Å². The van der Waals surface area contributed by atoms with E-state index in [1.54, 1.807) is 0 Å². The van der Waals surface area contributed by atoms with E-state index in [0.717, 1.165) is 19.3 Å². The molecular formula is C15H30N2O. The van der Waals surface area contributed by atoms with Crippen molar-refractivity contribution in [2.24, 2.45) is 11.8 Å². The van der Waals surface area contributed by atoms with Crippen LogP contribution in [0.15, 0.2) is 0 Å². The van der Waals surface area contributed by atoms with Gasteiger partial charge in [-0.2, -0.15) is 0 Å². The summed E-state index contributed by atoms with van der Waals surface area (Å²) in [5.74, 6) is 1.18. The van der Waals surface area contributed by atoms with E-state index in [4.69, 9.17) is 0 Å². The van der Waals surface area contributed by atoms with Crippen LogP contribution in [0, 0.1) is 11.8 Å². The third-order valence-corrected chi connectivity index (χ3v) is 4.20. The monoisotopic (exact) mass is 254 g/mol. The van der Waals surface area contributed by atoms with Crippen molar-refractivity contribution in [3.63, 3.8) is 0 Å². The summed E-state index contributed by atoms with van der Waals surface area (Å²) in [6.45, 7) is 13.1. The molecule has 1 amide bonds. The van der Waals surface area contributed by atoms with E-state index >= 15 is 0 Å². The molecule has 0 aromatic carbocycles. The van der Waals surface area contributed by atoms with Crippen LogP contribution < -0.4 is 5.32 Å². The highest BCUT2D eigenvalue weighted by atomic mass is 16.2. The molecule has 4 unspecified atom stereocenters. The third kappa shape index (κ3) is 3.05. The number of rotatable bonds is 6. The molecule has 1 heterocycles. The molecule has 1 N–H and O–H groups in total. The van der Waals surface area contributed by atoms with Gasteiger partial charge in [-0.3, -0.25) is 10.1 Å². The largest absolute Gasteiger partial charge is 0.323 e. The molecule has 1 aliphatic rings. The van der Waals surface area contributed by atoms with Crippen LogP contribution in [0.1, 0.15) is 60.8 Å². The molecular weight excluding hydrogens is 224 g/mol. The molecule has 0 spiro atoms. The highest BCUT2D eigenvalue weighted by Crippen LogP contribution is 2.26. The molecule has 0 aliphatic carbocycles. The Bertz CT molecular complexity index is 278. The minimum absolute atomic E-state index is 0.0155. The summed E-state index contributed by atoms with van der Waals surface area (Å²) in [6.07, 6.45) is 3.47. The van der Waals surface area contributed by atoms with Crippen molar-refractivity contribution < 1.29 is 4.79 Å². The summed E-state index contributed by atoms with van der Waals surface area (Å²) >= 11 is 0. The number of nitrogens with zero attached hydrogens (tertiary/aromatic N) is 1. The average Bonchev–Trinajstić information content (AvgIpc) is 2.66. The normalized spacial score (nSPS) is 27.9. The van der Waals surface area contributed by atoms with Gasteiger partial charge < -0.3 is 4.90 Å². The second kappa shape index (κ2) is 6.55. The Labute approximate surface area is 112 Å².